The van der Waals surface area contributed by atoms with E-state index in [1.165, 1.54) is 0 Å². The van der Waals surface area contributed by atoms with Crippen molar-refractivity contribution in [1.29, 1.82) is 0 Å². The number of hydrogen-bond donors (Lipinski definition) is 0. The van der Waals surface area contributed by atoms with Crippen molar-refractivity contribution in [3.05, 3.63) is 41.7 Å². The van der Waals surface area contributed by atoms with Crippen LogP contribution in [0.2, 0.25) is 5.28 Å². The second-order valence-electron chi connectivity index (χ2n) is 4.80. The molecular formula is C17H15ClN2O3. The van der Waals surface area contributed by atoms with Crippen LogP contribution in [0.15, 0.2) is 36.4 Å². The lowest BCUT2D eigenvalue weighted by atomic mass is 10.1. The predicted molar refractivity (Wildman–Crippen MR) is 89.6 cm³/mol. The highest BCUT2D eigenvalue weighted by Gasteiger charge is 2.14. The standard InChI is InChI=1S/C17H15ClN2O3/c1-21-11-6-4-5-10(7-11)16-12-8-14(22-2)15(23-3)9-13(12)19-17(18)20-16/h4-9H,1-3H3. The number of rotatable bonds is 4. The van der Waals surface area contributed by atoms with E-state index in [1.54, 1.807) is 27.4 Å². The summed E-state index contributed by atoms with van der Waals surface area (Å²) in [5.41, 5.74) is 2.27. The zero-order valence-corrected chi connectivity index (χ0v) is 13.7. The summed E-state index contributed by atoms with van der Waals surface area (Å²) in [6.45, 7) is 0. The van der Waals surface area contributed by atoms with Gasteiger partial charge in [0, 0.05) is 17.0 Å². The van der Waals surface area contributed by atoms with Gasteiger partial charge >= 0.3 is 0 Å². The van der Waals surface area contributed by atoms with Crippen molar-refractivity contribution in [2.45, 2.75) is 0 Å². The molecule has 118 valence electrons. The number of aromatic nitrogens is 2. The van der Waals surface area contributed by atoms with E-state index >= 15 is 0 Å². The molecule has 0 radical (unpaired) electrons. The second-order valence-corrected chi connectivity index (χ2v) is 5.14. The van der Waals surface area contributed by atoms with Gasteiger partial charge < -0.3 is 14.2 Å². The number of methoxy groups -OCH3 is 3. The Morgan fingerprint density at radius 2 is 1.61 bits per heavy atom. The van der Waals surface area contributed by atoms with Gasteiger partial charge in [-0.15, -0.1) is 0 Å². The smallest absolute Gasteiger partial charge is 0.223 e. The minimum Gasteiger partial charge on any atom is -0.497 e. The van der Waals surface area contributed by atoms with E-state index < -0.39 is 0 Å². The minimum absolute atomic E-state index is 0.169. The summed E-state index contributed by atoms with van der Waals surface area (Å²) in [6.07, 6.45) is 0. The van der Waals surface area contributed by atoms with Crippen LogP contribution >= 0.6 is 11.6 Å². The molecule has 3 aromatic rings. The maximum atomic E-state index is 6.09. The zero-order valence-electron chi connectivity index (χ0n) is 13.0. The highest BCUT2D eigenvalue weighted by molar-refractivity contribution is 6.28. The molecule has 6 heteroatoms. The number of fused-ring (bicyclic) bond motifs is 1. The molecule has 23 heavy (non-hydrogen) atoms. The van der Waals surface area contributed by atoms with Gasteiger partial charge in [-0.2, -0.15) is 0 Å². The highest BCUT2D eigenvalue weighted by Crippen LogP contribution is 2.36. The van der Waals surface area contributed by atoms with E-state index in [4.69, 9.17) is 25.8 Å². The molecule has 0 bridgehead atoms. The zero-order chi connectivity index (χ0) is 16.4. The molecule has 0 saturated carbocycles. The van der Waals surface area contributed by atoms with Gasteiger partial charge in [-0.1, -0.05) is 12.1 Å². The Morgan fingerprint density at radius 3 is 2.30 bits per heavy atom. The van der Waals surface area contributed by atoms with E-state index in [-0.39, 0.29) is 5.28 Å². The second kappa shape index (κ2) is 6.30. The number of halogens is 1. The van der Waals surface area contributed by atoms with Crippen LogP contribution in [0.4, 0.5) is 0 Å². The average molecular weight is 331 g/mol. The van der Waals surface area contributed by atoms with Crippen molar-refractivity contribution in [2.75, 3.05) is 21.3 Å². The summed E-state index contributed by atoms with van der Waals surface area (Å²) in [7, 11) is 4.79. The third-order valence-corrected chi connectivity index (χ3v) is 3.69. The molecule has 0 saturated heterocycles. The minimum atomic E-state index is 0.169. The Morgan fingerprint density at radius 1 is 0.870 bits per heavy atom. The van der Waals surface area contributed by atoms with Crippen LogP contribution < -0.4 is 14.2 Å². The van der Waals surface area contributed by atoms with Gasteiger partial charge in [0.1, 0.15) is 5.75 Å². The van der Waals surface area contributed by atoms with Crippen LogP contribution in [-0.2, 0) is 0 Å². The summed E-state index contributed by atoms with van der Waals surface area (Å²) in [6, 6.07) is 11.2. The molecule has 5 nitrogen and oxygen atoms in total. The van der Waals surface area contributed by atoms with Crippen molar-refractivity contribution in [1.82, 2.24) is 9.97 Å². The summed E-state index contributed by atoms with van der Waals surface area (Å²) < 4.78 is 16.0. The van der Waals surface area contributed by atoms with Gasteiger partial charge in [-0.25, -0.2) is 9.97 Å². The molecule has 0 spiro atoms. The van der Waals surface area contributed by atoms with Gasteiger partial charge in [0.15, 0.2) is 11.5 Å². The van der Waals surface area contributed by atoms with Gasteiger partial charge in [-0.3, -0.25) is 0 Å². The number of ether oxygens (including phenoxy) is 3. The van der Waals surface area contributed by atoms with Crippen LogP contribution in [0.3, 0.4) is 0 Å². The first kappa shape index (κ1) is 15.4. The van der Waals surface area contributed by atoms with Crippen LogP contribution in [0.25, 0.3) is 22.2 Å². The van der Waals surface area contributed by atoms with E-state index in [0.717, 1.165) is 16.7 Å². The molecule has 3 rings (SSSR count). The summed E-state index contributed by atoms with van der Waals surface area (Å²) in [4.78, 5) is 8.66. The van der Waals surface area contributed by atoms with Gasteiger partial charge in [-0.05, 0) is 29.8 Å². The Bertz CT molecular complexity index is 868. The normalized spacial score (nSPS) is 10.6. The first-order valence-electron chi connectivity index (χ1n) is 6.90. The molecule has 1 heterocycles. The van der Waals surface area contributed by atoms with Gasteiger partial charge in [0.2, 0.25) is 5.28 Å². The lowest BCUT2D eigenvalue weighted by molar-refractivity contribution is 0.356. The van der Waals surface area contributed by atoms with Gasteiger partial charge in [0.05, 0.1) is 32.5 Å². The highest BCUT2D eigenvalue weighted by atomic mass is 35.5. The maximum Gasteiger partial charge on any atom is 0.223 e. The van der Waals surface area contributed by atoms with Crippen LogP contribution in [0.1, 0.15) is 0 Å². The Kier molecular flexibility index (Phi) is 4.21. The molecule has 2 aromatic carbocycles. The van der Waals surface area contributed by atoms with Crippen LogP contribution in [-0.4, -0.2) is 31.3 Å². The fraction of sp³-hybridized carbons (Fsp3) is 0.176. The molecule has 0 amide bonds. The Balaban J connectivity index is 2.30. The van der Waals surface area contributed by atoms with E-state index in [1.807, 2.05) is 30.3 Å². The van der Waals surface area contributed by atoms with Crippen LogP contribution in [0.5, 0.6) is 17.2 Å². The molecule has 1 aromatic heterocycles. The number of benzene rings is 2. The molecular weight excluding hydrogens is 316 g/mol. The van der Waals surface area contributed by atoms with Crippen LogP contribution in [0, 0.1) is 0 Å². The fourth-order valence-electron chi connectivity index (χ4n) is 2.42. The van der Waals surface area contributed by atoms with Crippen molar-refractivity contribution in [3.63, 3.8) is 0 Å². The summed E-state index contributed by atoms with van der Waals surface area (Å²) in [5, 5.41) is 0.989. The lowest BCUT2D eigenvalue weighted by Gasteiger charge is -2.12. The molecule has 0 aliphatic rings. The molecule has 0 unspecified atom stereocenters. The maximum absolute atomic E-state index is 6.09. The lowest BCUT2D eigenvalue weighted by Crippen LogP contribution is -1.95. The van der Waals surface area contributed by atoms with Crippen molar-refractivity contribution in [3.8, 4) is 28.5 Å². The van der Waals surface area contributed by atoms with E-state index in [0.29, 0.717) is 22.7 Å². The third kappa shape index (κ3) is 2.87. The average Bonchev–Trinajstić information content (AvgIpc) is 2.59. The molecule has 0 N–H and O–H groups in total. The molecule has 0 aliphatic carbocycles. The fourth-order valence-corrected chi connectivity index (χ4v) is 2.59. The summed E-state index contributed by atoms with van der Waals surface area (Å²) >= 11 is 6.09. The molecule has 0 atom stereocenters. The Hall–Kier alpha value is -2.53. The first-order valence-corrected chi connectivity index (χ1v) is 7.27. The quantitative estimate of drug-likeness (QED) is 0.677. The van der Waals surface area contributed by atoms with E-state index in [2.05, 4.69) is 9.97 Å². The predicted octanol–water partition coefficient (Wildman–Crippen LogP) is 3.98. The molecule has 0 fully saturated rings. The SMILES string of the molecule is COc1cccc(-c2nc(Cl)nc3cc(OC)c(OC)cc23)c1. The monoisotopic (exact) mass is 330 g/mol. The van der Waals surface area contributed by atoms with Crippen molar-refractivity contribution < 1.29 is 14.2 Å². The number of hydrogen-bond acceptors (Lipinski definition) is 5. The topological polar surface area (TPSA) is 53.5 Å². The van der Waals surface area contributed by atoms with E-state index in [9.17, 15) is 0 Å². The number of nitrogens with zero attached hydrogens (tertiary/aromatic N) is 2. The van der Waals surface area contributed by atoms with Gasteiger partial charge in [0.25, 0.3) is 0 Å². The third-order valence-electron chi connectivity index (χ3n) is 3.52. The van der Waals surface area contributed by atoms with Crippen molar-refractivity contribution >= 4 is 22.5 Å². The summed E-state index contributed by atoms with van der Waals surface area (Å²) in [5.74, 6) is 1.94. The molecule has 0 aliphatic heterocycles. The van der Waals surface area contributed by atoms with Crippen molar-refractivity contribution in [2.24, 2.45) is 0 Å². The largest absolute Gasteiger partial charge is 0.497 e. The Labute approximate surface area is 138 Å². The first-order chi connectivity index (χ1) is 11.2.